The normalized spacial score (nSPS) is 13.4. The standard InChI is InChI=1S/C22H24ClF2NO4/c1-14(2)19(22(24,25)16-10-7-11-17(23)13-16)30-21(28)26-18(20(27)29-3)12-15-8-5-4-6-9-15/h4-11,13-14,18-19H,12H2,1-3H3,(H,26,28)/t18-,19?/m0/s1. The maximum absolute atomic E-state index is 15.1. The molecule has 0 bridgehead atoms. The summed E-state index contributed by atoms with van der Waals surface area (Å²) in [7, 11) is 1.18. The fourth-order valence-electron chi connectivity index (χ4n) is 2.97. The maximum atomic E-state index is 15.1. The van der Waals surface area contributed by atoms with Gasteiger partial charge >= 0.3 is 18.0 Å². The Hall–Kier alpha value is -2.67. The van der Waals surface area contributed by atoms with Crippen LogP contribution < -0.4 is 5.32 Å². The molecule has 0 fully saturated rings. The minimum absolute atomic E-state index is 0.125. The third kappa shape index (κ3) is 6.16. The number of methoxy groups -OCH3 is 1. The Morgan fingerprint density at radius 3 is 2.33 bits per heavy atom. The lowest BCUT2D eigenvalue weighted by Gasteiger charge is -2.30. The van der Waals surface area contributed by atoms with Crippen LogP contribution in [0.5, 0.6) is 0 Å². The van der Waals surface area contributed by atoms with E-state index < -0.39 is 36.0 Å². The second-order valence-corrected chi connectivity index (χ2v) is 7.55. The van der Waals surface area contributed by atoms with Crippen LogP contribution in [0.25, 0.3) is 0 Å². The summed E-state index contributed by atoms with van der Waals surface area (Å²) in [5.74, 6) is -4.91. The monoisotopic (exact) mass is 439 g/mol. The van der Waals surface area contributed by atoms with Crippen molar-refractivity contribution in [3.05, 3.63) is 70.7 Å². The first-order chi connectivity index (χ1) is 14.1. The van der Waals surface area contributed by atoms with Crippen LogP contribution in [0.15, 0.2) is 54.6 Å². The number of benzene rings is 2. The summed E-state index contributed by atoms with van der Waals surface area (Å²) in [6, 6.07) is 13.0. The van der Waals surface area contributed by atoms with Crippen molar-refractivity contribution in [2.24, 2.45) is 5.92 Å². The molecule has 0 saturated carbocycles. The molecule has 2 rings (SSSR count). The minimum Gasteiger partial charge on any atom is -0.467 e. The number of alkyl halides is 2. The molecule has 1 unspecified atom stereocenters. The summed E-state index contributed by atoms with van der Waals surface area (Å²) >= 11 is 5.83. The Morgan fingerprint density at radius 1 is 1.10 bits per heavy atom. The molecule has 0 aliphatic rings. The van der Waals surface area contributed by atoms with Crippen molar-refractivity contribution in [2.45, 2.75) is 38.3 Å². The zero-order valence-corrected chi connectivity index (χ0v) is 17.7. The molecule has 0 radical (unpaired) electrons. The van der Waals surface area contributed by atoms with Gasteiger partial charge in [-0.05, 0) is 23.6 Å². The number of nitrogens with one attached hydrogen (secondary N) is 1. The highest BCUT2D eigenvalue weighted by Crippen LogP contribution is 2.38. The second kappa shape index (κ2) is 10.4. The maximum Gasteiger partial charge on any atom is 0.408 e. The number of ether oxygens (including phenoxy) is 2. The van der Waals surface area contributed by atoms with Crippen LogP contribution in [-0.4, -0.2) is 31.3 Å². The Morgan fingerprint density at radius 2 is 1.77 bits per heavy atom. The Bertz CT molecular complexity index is 861. The van der Waals surface area contributed by atoms with Gasteiger partial charge in [0.2, 0.25) is 0 Å². The second-order valence-electron chi connectivity index (χ2n) is 7.11. The first-order valence-electron chi connectivity index (χ1n) is 9.38. The van der Waals surface area contributed by atoms with Gasteiger partial charge in [-0.25, -0.2) is 9.59 Å². The number of halogens is 3. The summed E-state index contributed by atoms with van der Waals surface area (Å²) in [4.78, 5) is 24.5. The number of alkyl carbamates (subject to hydrolysis) is 1. The molecular weight excluding hydrogens is 416 g/mol. The molecule has 1 N–H and O–H groups in total. The van der Waals surface area contributed by atoms with Crippen LogP contribution in [-0.2, 0) is 26.6 Å². The number of carbonyl (C=O) groups is 2. The molecule has 0 saturated heterocycles. The van der Waals surface area contributed by atoms with Gasteiger partial charge in [0.05, 0.1) is 7.11 Å². The molecule has 2 aromatic carbocycles. The lowest BCUT2D eigenvalue weighted by molar-refractivity contribution is -0.144. The third-order valence-electron chi connectivity index (χ3n) is 4.47. The molecule has 0 aromatic heterocycles. The molecule has 0 spiro atoms. The Balaban J connectivity index is 2.17. The number of amides is 1. The Kier molecular flexibility index (Phi) is 8.17. The summed E-state index contributed by atoms with van der Waals surface area (Å²) in [5, 5.41) is 2.49. The van der Waals surface area contributed by atoms with Crippen LogP contribution in [0.3, 0.4) is 0 Å². The van der Waals surface area contributed by atoms with Crippen molar-refractivity contribution in [1.29, 1.82) is 0 Å². The van der Waals surface area contributed by atoms with E-state index in [0.29, 0.717) is 0 Å². The number of rotatable bonds is 8. The van der Waals surface area contributed by atoms with Crippen LogP contribution >= 0.6 is 11.6 Å². The first kappa shape index (κ1) is 23.6. The van der Waals surface area contributed by atoms with E-state index in [1.807, 2.05) is 6.07 Å². The molecule has 8 heteroatoms. The molecule has 0 aliphatic heterocycles. The SMILES string of the molecule is COC(=O)[C@H](Cc1ccccc1)NC(=O)OC(C(C)C)C(F)(F)c1cccc(Cl)c1. The number of hydrogen-bond donors (Lipinski definition) is 1. The highest BCUT2D eigenvalue weighted by Gasteiger charge is 2.46. The van der Waals surface area contributed by atoms with E-state index in [1.54, 1.807) is 24.3 Å². The fourth-order valence-corrected chi connectivity index (χ4v) is 3.16. The first-order valence-corrected chi connectivity index (χ1v) is 9.75. The zero-order valence-electron chi connectivity index (χ0n) is 16.9. The predicted molar refractivity (Wildman–Crippen MR) is 110 cm³/mol. The molecule has 2 aromatic rings. The predicted octanol–water partition coefficient (Wildman–Crippen LogP) is 4.97. The van der Waals surface area contributed by atoms with E-state index in [9.17, 15) is 9.59 Å². The van der Waals surface area contributed by atoms with Gasteiger partial charge in [0, 0.05) is 17.0 Å². The van der Waals surface area contributed by atoms with E-state index >= 15 is 8.78 Å². The van der Waals surface area contributed by atoms with Crippen molar-refractivity contribution in [3.8, 4) is 0 Å². The number of carbonyl (C=O) groups excluding carboxylic acids is 2. The van der Waals surface area contributed by atoms with Gasteiger partial charge in [-0.2, -0.15) is 8.78 Å². The van der Waals surface area contributed by atoms with Crippen molar-refractivity contribution in [1.82, 2.24) is 5.32 Å². The Labute approximate surface area is 179 Å². The highest BCUT2D eigenvalue weighted by atomic mass is 35.5. The molecule has 30 heavy (non-hydrogen) atoms. The van der Waals surface area contributed by atoms with Gasteiger partial charge in [0.1, 0.15) is 6.04 Å². The molecule has 162 valence electrons. The largest absolute Gasteiger partial charge is 0.467 e. The van der Waals surface area contributed by atoms with E-state index in [2.05, 4.69) is 5.32 Å². The zero-order chi connectivity index (χ0) is 22.3. The highest BCUT2D eigenvalue weighted by molar-refractivity contribution is 6.30. The summed E-state index contributed by atoms with van der Waals surface area (Å²) in [6.45, 7) is 3.02. The molecule has 1 amide bonds. The molecule has 2 atom stereocenters. The van der Waals surface area contributed by atoms with E-state index in [0.717, 1.165) is 11.6 Å². The molecule has 0 heterocycles. The smallest absolute Gasteiger partial charge is 0.408 e. The van der Waals surface area contributed by atoms with Gasteiger partial charge < -0.3 is 14.8 Å². The van der Waals surface area contributed by atoms with Gasteiger partial charge in [-0.3, -0.25) is 0 Å². The van der Waals surface area contributed by atoms with Crippen LogP contribution in [0.2, 0.25) is 5.02 Å². The lowest BCUT2D eigenvalue weighted by Crippen LogP contribution is -2.47. The van der Waals surface area contributed by atoms with Crippen molar-refractivity contribution in [3.63, 3.8) is 0 Å². The summed E-state index contributed by atoms with van der Waals surface area (Å²) < 4.78 is 39.9. The van der Waals surface area contributed by atoms with Gasteiger partial charge in [0.25, 0.3) is 0 Å². The van der Waals surface area contributed by atoms with Crippen molar-refractivity contribution < 1.29 is 27.8 Å². The lowest BCUT2D eigenvalue weighted by atomic mass is 9.95. The molecule has 5 nitrogen and oxygen atoms in total. The summed E-state index contributed by atoms with van der Waals surface area (Å²) in [5.41, 5.74) is 0.396. The van der Waals surface area contributed by atoms with Crippen LogP contribution in [0, 0.1) is 5.92 Å². The molecular formula is C22H24ClF2NO4. The van der Waals surface area contributed by atoms with E-state index in [4.69, 9.17) is 21.1 Å². The number of esters is 1. The fraction of sp³-hybridized carbons (Fsp3) is 0.364. The molecule has 0 aliphatic carbocycles. The average molecular weight is 440 g/mol. The minimum atomic E-state index is -3.49. The van der Waals surface area contributed by atoms with Crippen LogP contribution in [0.1, 0.15) is 25.0 Å². The van der Waals surface area contributed by atoms with Gasteiger partial charge in [0.15, 0.2) is 6.10 Å². The van der Waals surface area contributed by atoms with Gasteiger partial charge in [-0.1, -0.05) is 67.9 Å². The van der Waals surface area contributed by atoms with E-state index in [1.165, 1.54) is 39.2 Å². The van der Waals surface area contributed by atoms with Crippen molar-refractivity contribution in [2.75, 3.05) is 7.11 Å². The third-order valence-corrected chi connectivity index (χ3v) is 4.70. The quantitative estimate of drug-likeness (QED) is 0.590. The topological polar surface area (TPSA) is 64.6 Å². The van der Waals surface area contributed by atoms with Crippen molar-refractivity contribution >= 4 is 23.7 Å². The van der Waals surface area contributed by atoms with E-state index in [-0.39, 0.29) is 17.0 Å². The van der Waals surface area contributed by atoms with Crippen LogP contribution in [0.4, 0.5) is 13.6 Å². The number of hydrogen-bond acceptors (Lipinski definition) is 4. The average Bonchev–Trinajstić information content (AvgIpc) is 2.71. The van der Waals surface area contributed by atoms with Gasteiger partial charge in [-0.15, -0.1) is 0 Å². The summed E-state index contributed by atoms with van der Waals surface area (Å²) in [6.07, 6.45) is -2.78.